The molecule has 10 nitrogen and oxygen atoms in total. The number of aliphatic hydroxyl groups excluding tert-OH is 1. The van der Waals surface area contributed by atoms with Crippen LogP contribution in [0.4, 0.5) is 11.4 Å². The highest BCUT2D eigenvalue weighted by Gasteiger charge is 2.29. The fourth-order valence-corrected chi connectivity index (χ4v) is 6.65. The second-order valence-electron chi connectivity index (χ2n) is 10.8. The molecule has 0 aliphatic carbocycles. The number of fused-ring (bicyclic) bond motifs is 1. The molecule has 2 heterocycles. The molecule has 0 spiro atoms. The summed E-state index contributed by atoms with van der Waals surface area (Å²) in [5.41, 5.74) is 16.8. The van der Waals surface area contributed by atoms with Gasteiger partial charge in [0.15, 0.2) is 0 Å². The van der Waals surface area contributed by atoms with Gasteiger partial charge in [-0.05, 0) is 72.4 Å². The first-order chi connectivity index (χ1) is 20.6. The van der Waals surface area contributed by atoms with Crippen LogP contribution >= 0.6 is 0 Å². The maximum atomic E-state index is 13.6. The zero-order chi connectivity index (χ0) is 30.6. The molecular formula is C32H37N5O5S. The van der Waals surface area contributed by atoms with Crippen LogP contribution in [0.15, 0.2) is 82.2 Å². The number of carbonyl (C=O) groups excluding carboxylic acids is 1. The lowest BCUT2D eigenvalue weighted by Gasteiger charge is -2.28. The Balaban J connectivity index is 1.38. The summed E-state index contributed by atoms with van der Waals surface area (Å²) in [6, 6.07) is 19.7. The van der Waals surface area contributed by atoms with Gasteiger partial charge in [-0.1, -0.05) is 43.3 Å². The van der Waals surface area contributed by atoms with Crippen LogP contribution in [0.3, 0.4) is 0 Å². The molecule has 3 aromatic rings. The van der Waals surface area contributed by atoms with Crippen molar-refractivity contribution in [2.24, 2.45) is 10.7 Å². The fourth-order valence-electron chi connectivity index (χ4n) is 5.13. The molecule has 5 N–H and O–H groups in total. The third kappa shape index (κ3) is 7.14. The monoisotopic (exact) mass is 603 g/mol. The summed E-state index contributed by atoms with van der Waals surface area (Å²) in [5, 5.41) is 11.2. The van der Waals surface area contributed by atoms with Crippen LogP contribution < -0.4 is 11.5 Å². The Morgan fingerprint density at radius 2 is 1.77 bits per heavy atom. The predicted octanol–water partition coefficient (Wildman–Crippen LogP) is 4.23. The highest BCUT2D eigenvalue weighted by molar-refractivity contribution is 7.89. The van der Waals surface area contributed by atoms with Crippen molar-refractivity contribution < 1.29 is 23.2 Å². The Kier molecular flexibility index (Phi) is 9.26. The van der Waals surface area contributed by atoms with Gasteiger partial charge in [-0.25, -0.2) is 18.5 Å². The lowest BCUT2D eigenvalue weighted by molar-refractivity contribution is -0.187. The summed E-state index contributed by atoms with van der Waals surface area (Å²) in [6.07, 6.45) is 3.03. The number of aliphatic hydroxyl groups is 1. The van der Waals surface area contributed by atoms with Crippen LogP contribution in [-0.4, -0.2) is 60.4 Å². The van der Waals surface area contributed by atoms with Gasteiger partial charge >= 0.3 is 0 Å². The standard InChI is InChI=1S/C32H37N5O5S/c1-2-14-37(42-21-22-6-10-27(33)11-7-22)32(39)26-17-25-9-8-24(19-30(25)35-31(34)20-26)23-4-3-5-29(18-23)43(40,41)36-15-12-28(38)13-16-36/h3-11,17-19,28,38H,2,12-16,20-21,33H2,1H3,(H2,34,35). The van der Waals surface area contributed by atoms with Crippen molar-refractivity contribution in [2.75, 3.05) is 25.4 Å². The van der Waals surface area contributed by atoms with Crippen LogP contribution in [0.25, 0.3) is 17.2 Å². The number of amides is 1. The fraction of sp³-hybridized carbons (Fsp3) is 0.312. The summed E-state index contributed by atoms with van der Waals surface area (Å²) >= 11 is 0. The molecule has 0 saturated carbocycles. The zero-order valence-corrected chi connectivity index (χ0v) is 25.0. The van der Waals surface area contributed by atoms with E-state index in [0.29, 0.717) is 48.3 Å². The van der Waals surface area contributed by atoms with Crippen LogP contribution in [0.1, 0.15) is 43.7 Å². The number of nitrogens with two attached hydrogens (primary N) is 2. The number of piperidine rings is 1. The molecule has 3 aromatic carbocycles. The number of anilines is 1. The van der Waals surface area contributed by atoms with Gasteiger partial charge in [0.2, 0.25) is 10.0 Å². The van der Waals surface area contributed by atoms with Crippen LogP contribution in [0, 0.1) is 0 Å². The number of nitrogen functional groups attached to an aromatic ring is 1. The van der Waals surface area contributed by atoms with Crippen molar-refractivity contribution in [3.8, 4) is 11.1 Å². The van der Waals surface area contributed by atoms with E-state index in [4.69, 9.17) is 16.3 Å². The average molecular weight is 604 g/mol. The Hall–Kier alpha value is -4.03. The van der Waals surface area contributed by atoms with Gasteiger partial charge in [0.05, 0.1) is 16.7 Å². The minimum Gasteiger partial charge on any atom is -0.399 e. The lowest BCUT2D eigenvalue weighted by Crippen LogP contribution is -2.39. The number of hydroxylamine groups is 2. The van der Waals surface area contributed by atoms with E-state index in [1.54, 1.807) is 36.4 Å². The quantitative estimate of drug-likeness (QED) is 0.245. The molecule has 2 aliphatic rings. The summed E-state index contributed by atoms with van der Waals surface area (Å²) in [6.45, 7) is 3.17. The zero-order valence-electron chi connectivity index (χ0n) is 24.1. The number of hydrogen-bond donors (Lipinski definition) is 3. The molecule has 0 aromatic heterocycles. The number of hydrogen-bond acceptors (Lipinski definition) is 8. The van der Waals surface area contributed by atoms with Gasteiger partial charge in [0.25, 0.3) is 5.91 Å². The van der Waals surface area contributed by atoms with Crippen molar-refractivity contribution in [1.29, 1.82) is 0 Å². The number of carbonyl (C=O) groups is 1. The van der Waals surface area contributed by atoms with Crippen molar-refractivity contribution in [3.05, 3.63) is 83.4 Å². The summed E-state index contributed by atoms with van der Waals surface area (Å²) in [7, 11) is -3.70. The van der Waals surface area contributed by atoms with E-state index >= 15 is 0 Å². The minimum absolute atomic E-state index is 0.159. The Bertz CT molecular complexity index is 1640. The molecule has 5 rings (SSSR count). The lowest BCUT2D eigenvalue weighted by atomic mass is 10.0. The third-order valence-corrected chi connectivity index (χ3v) is 9.41. The van der Waals surface area contributed by atoms with Gasteiger partial charge in [-0.3, -0.25) is 9.63 Å². The molecule has 1 amide bonds. The van der Waals surface area contributed by atoms with E-state index in [2.05, 4.69) is 4.99 Å². The molecule has 1 saturated heterocycles. The number of benzene rings is 3. The summed E-state index contributed by atoms with van der Waals surface area (Å²) in [4.78, 5) is 24.3. The van der Waals surface area contributed by atoms with E-state index in [0.717, 1.165) is 16.7 Å². The van der Waals surface area contributed by atoms with Crippen LogP contribution in [-0.2, 0) is 26.3 Å². The number of amidine groups is 1. The van der Waals surface area contributed by atoms with E-state index in [1.165, 1.54) is 9.37 Å². The molecule has 2 aliphatic heterocycles. The van der Waals surface area contributed by atoms with Crippen molar-refractivity contribution >= 4 is 39.2 Å². The SMILES string of the molecule is CCCN(OCc1ccc(N)cc1)C(=O)C1=Cc2ccc(-c3cccc(S(=O)(=O)N4CCC(O)CC4)c3)cc2N=C(N)C1. The van der Waals surface area contributed by atoms with E-state index in [1.807, 2.05) is 43.3 Å². The van der Waals surface area contributed by atoms with Gasteiger partial charge in [-0.15, -0.1) is 0 Å². The molecule has 0 unspecified atom stereocenters. The van der Waals surface area contributed by atoms with Gasteiger partial charge < -0.3 is 16.6 Å². The first kappa shape index (κ1) is 30.4. The molecule has 0 bridgehead atoms. The number of rotatable bonds is 9. The predicted molar refractivity (Wildman–Crippen MR) is 167 cm³/mol. The van der Waals surface area contributed by atoms with Crippen molar-refractivity contribution in [2.45, 2.75) is 50.2 Å². The van der Waals surface area contributed by atoms with Gasteiger partial charge in [-0.2, -0.15) is 4.31 Å². The first-order valence-electron chi connectivity index (χ1n) is 14.4. The maximum absolute atomic E-state index is 13.6. The van der Waals surface area contributed by atoms with E-state index in [-0.39, 0.29) is 42.8 Å². The average Bonchev–Trinajstić information content (AvgIpc) is 3.17. The van der Waals surface area contributed by atoms with Gasteiger partial charge in [0.1, 0.15) is 12.4 Å². The van der Waals surface area contributed by atoms with Crippen LogP contribution in [0.5, 0.6) is 0 Å². The van der Waals surface area contributed by atoms with Gasteiger partial charge in [0, 0.05) is 42.9 Å². The van der Waals surface area contributed by atoms with Crippen molar-refractivity contribution in [1.82, 2.24) is 9.37 Å². The highest BCUT2D eigenvalue weighted by Crippen LogP contribution is 2.33. The third-order valence-electron chi connectivity index (χ3n) is 7.52. The number of nitrogens with zero attached hydrogens (tertiary/aromatic N) is 3. The largest absolute Gasteiger partial charge is 0.399 e. The van der Waals surface area contributed by atoms with Crippen molar-refractivity contribution in [3.63, 3.8) is 0 Å². The first-order valence-corrected chi connectivity index (χ1v) is 15.8. The molecule has 0 radical (unpaired) electrons. The maximum Gasteiger partial charge on any atom is 0.273 e. The minimum atomic E-state index is -3.70. The Labute approximate surface area is 252 Å². The van der Waals surface area contributed by atoms with E-state index in [9.17, 15) is 18.3 Å². The smallest absolute Gasteiger partial charge is 0.273 e. The molecule has 0 atom stereocenters. The number of sulfonamides is 1. The second kappa shape index (κ2) is 13.1. The number of aliphatic imine (C=N–C) groups is 1. The molecule has 43 heavy (non-hydrogen) atoms. The van der Waals surface area contributed by atoms with Crippen LogP contribution in [0.2, 0.25) is 0 Å². The molecule has 1 fully saturated rings. The molecule has 11 heteroatoms. The summed E-state index contributed by atoms with van der Waals surface area (Å²) < 4.78 is 28.0. The molecule has 226 valence electrons. The Morgan fingerprint density at radius 3 is 2.49 bits per heavy atom. The second-order valence-corrected chi connectivity index (χ2v) is 12.7. The topological polar surface area (TPSA) is 152 Å². The Morgan fingerprint density at radius 1 is 1.05 bits per heavy atom. The normalized spacial score (nSPS) is 16.1. The van der Waals surface area contributed by atoms with E-state index < -0.39 is 16.1 Å². The summed E-state index contributed by atoms with van der Waals surface area (Å²) in [5.74, 6) is 0.00427. The highest BCUT2D eigenvalue weighted by atomic mass is 32.2. The molecular weight excluding hydrogens is 566 g/mol.